The fourth-order valence-corrected chi connectivity index (χ4v) is 3.85. The molecule has 21 heavy (non-hydrogen) atoms. The van der Waals surface area contributed by atoms with E-state index < -0.39 is 0 Å². The Morgan fingerprint density at radius 2 is 2.14 bits per heavy atom. The molecule has 0 bridgehead atoms. The molecule has 0 aliphatic carbocycles. The van der Waals surface area contributed by atoms with Crippen molar-refractivity contribution in [3.05, 3.63) is 33.5 Å². The van der Waals surface area contributed by atoms with E-state index in [1.165, 1.54) is 9.75 Å². The second-order valence-corrected chi connectivity index (χ2v) is 7.21. The standard InChI is InChI=1S/C14H18N4OS2/c1-11-2-3-12(21-11)10-16-13(19)17-5-7-18(8-6-17)14-15-4-9-20-14/h2-4,9H,5-8,10H2,1H3,(H,16,19). The highest BCUT2D eigenvalue weighted by atomic mass is 32.1. The van der Waals surface area contributed by atoms with Gasteiger partial charge in [0.25, 0.3) is 0 Å². The number of thiophene rings is 1. The van der Waals surface area contributed by atoms with Crippen LogP contribution in [0.5, 0.6) is 0 Å². The number of aromatic nitrogens is 1. The lowest BCUT2D eigenvalue weighted by molar-refractivity contribution is 0.194. The first-order valence-corrected chi connectivity index (χ1v) is 8.64. The molecule has 0 saturated carbocycles. The summed E-state index contributed by atoms with van der Waals surface area (Å²) in [4.78, 5) is 23.1. The molecular weight excluding hydrogens is 304 g/mol. The van der Waals surface area contributed by atoms with E-state index in [2.05, 4.69) is 34.3 Å². The summed E-state index contributed by atoms with van der Waals surface area (Å²) >= 11 is 3.37. The zero-order chi connectivity index (χ0) is 14.7. The van der Waals surface area contributed by atoms with E-state index in [0.29, 0.717) is 6.54 Å². The monoisotopic (exact) mass is 322 g/mol. The minimum atomic E-state index is 0.0276. The topological polar surface area (TPSA) is 48.5 Å². The molecule has 1 fully saturated rings. The number of carbonyl (C=O) groups excluding carboxylic acids is 1. The van der Waals surface area contributed by atoms with Crippen molar-refractivity contribution in [3.8, 4) is 0 Å². The number of nitrogens with one attached hydrogen (secondary N) is 1. The van der Waals surface area contributed by atoms with Gasteiger partial charge >= 0.3 is 6.03 Å². The lowest BCUT2D eigenvalue weighted by Gasteiger charge is -2.34. The van der Waals surface area contributed by atoms with Crippen LogP contribution in [0.1, 0.15) is 9.75 Å². The number of aryl methyl sites for hydroxylation is 1. The van der Waals surface area contributed by atoms with Crippen molar-refractivity contribution in [2.45, 2.75) is 13.5 Å². The lowest BCUT2D eigenvalue weighted by Crippen LogP contribution is -2.51. The molecule has 2 aromatic heterocycles. The summed E-state index contributed by atoms with van der Waals surface area (Å²) in [6.07, 6.45) is 1.82. The highest BCUT2D eigenvalue weighted by Crippen LogP contribution is 2.19. The van der Waals surface area contributed by atoms with Gasteiger partial charge < -0.3 is 15.1 Å². The zero-order valence-corrected chi connectivity index (χ0v) is 13.5. The lowest BCUT2D eigenvalue weighted by atomic mass is 10.3. The molecule has 0 atom stereocenters. The van der Waals surface area contributed by atoms with Crippen molar-refractivity contribution in [2.75, 3.05) is 31.1 Å². The number of anilines is 1. The van der Waals surface area contributed by atoms with Crippen molar-refractivity contribution in [3.63, 3.8) is 0 Å². The Morgan fingerprint density at radius 1 is 1.33 bits per heavy atom. The quantitative estimate of drug-likeness (QED) is 0.945. The molecule has 1 N–H and O–H groups in total. The molecule has 1 saturated heterocycles. The summed E-state index contributed by atoms with van der Waals surface area (Å²) in [5, 5.41) is 6.03. The maximum atomic E-state index is 12.2. The second kappa shape index (κ2) is 6.44. The molecule has 0 radical (unpaired) electrons. The molecule has 2 aromatic rings. The Kier molecular flexibility index (Phi) is 4.40. The average Bonchev–Trinajstić information content (AvgIpc) is 3.16. The second-order valence-electron chi connectivity index (χ2n) is 4.96. The van der Waals surface area contributed by atoms with Gasteiger partial charge in [-0.2, -0.15) is 0 Å². The van der Waals surface area contributed by atoms with E-state index in [1.54, 1.807) is 22.7 Å². The van der Waals surface area contributed by atoms with E-state index in [-0.39, 0.29) is 6.03 Å². The smallest absolute Gasteiger partial charge is 0.317 e. The summed E-state index contributed by atoms with van der Waals surface area (Å²) in [6, 6.07) is 4.18. The number of hydrogen-bond acceptors (Lipinski definition) is 5. The fourth-order valence-electron chi connectivity index (χ4n) is 2.33. The summed E-state index contributed by atoms with van der Waals surface area (Å²) in [6.45, 7) is 5.87. The fraction of sp³-hybridized carbons (Fsp3) is 0.429. The van der Waals surface area contributed by atoms with Crippen molar-refractivity contribution < 1.29 is 4.79 Å². The molecule has 1 aliphatic rings. The molecule has 7 heteroatoms. The van der Waals surface area contributed by atoms with E-state index >= 15 is 0 Å². The van der Waals surface area contributed by atoms with Crippen LogP contribution in [-0.4, -0.2) is 42.1 Å². The molecule has 112 valence electrons. The predicted octanol–water partition coefficient (Wildman–Crippen LogP) is 2.54. The zero-order valence-electron chi connectivity index (χ0n) is 11.9. The van der Waals surface area contributed by atoms with Crippen molar-refractivity contribution in [2.24, 2.45) is 0 Å². The Balaban J connectivity index is 1.46. The molecule has 2 amide bonds. The van der Waals surface area contributed by atoms with Crippen LogP contribution in [0, 0.1) is 6.92 Å². The molecule has 3 rings (SSSR count). The normalized spacial score (nSPS) is 15.3. The first-order valence-electron chi connectivity index (χ1n) is 6.95. The van der Waals surface area contributed by atoms with Crippen LogP contribution >= 0.6 is 22.7 Å². The maximum Gasteiger partial charge on any atom is 0.317 e. The third kappa shape index (κ3) is 3.54. The van der Waals surface area contributed by atoms with E-state index in [1.807, 2.05) is 16.5 Å². The van der Waals surface area contributed by atoms with Gasteiger partial charge in [-0.15, -0.1) is 22.7 Å². The van der Waals surface area contributed by atoms with Crippen LogP contribution in [0.4, 0.5) is 9.93 Å². The Labute approximate surface area is 132 Å². The number of urea groups is 1. The number of amides is 2. The molecule has 1 aliphatic heterocycles. The van der Waals surface area contributed by atoms with Crippen LogP contribution in [-0.2, 0) is 6.54 Å². The van der Waals surface area contributed by atoms with Gasteiger partial charge in [-0.05, 0) is 19.1 Å². The average molecular weight is 322 g/mol. The van der Waals surface area contributed by atoms with Crippen LogP contribution in [0.15, 0.2) is 23.7 Å². The van der Waals surface area contributed by atoms with Gasteiger partial charge in [0.1, 0.15) is 0 Å². The summed E-state index contributed by atoms with van der Waals surface area (Å²) in [5.74, 6) is 0. The number of thiazole rings is 1. The van der Waals surface area contributed by atoms with Gasteiger partial charge in [-0.3, -0.25) is 0 Å². The third-order valence-electron chi connectivity index (χ3n) is 3.47. The Morgan fingerprint density at radius 3 is 2.76 bits per heavy atom. The molecule has 5 nitrogen and oxygen atoms in total. The SMILES string of the molecule is Cc1ccc(CNC(=O)N2CCN(c3nccs3)CC2)s1. The van der Waals surface area contributed by atoms with Crippen molar-refractivity contribution >= 4 is 33.8 Å². The molecule has 3 heterocycles. The number of piperazine rings is 1. The number of rotatable bonds is 3. The molecule has 0 spiro atoms. The number of hydrogen-bond donors (Lipinski definition) is 1. The van der Waals surface area contributed by atoms with Crippen LogP contribution in [0.3, 0.4) is 0 Å². The van der Waals surface area contributed by atoms with Gasteiger partial charge in [0, 0.05) is 47.5 Å². The number of carbonyl (C=O) groups is 1. The van der Waals surface area contributed by atoms with E-state index in [9.17, 15) is 4.79 Å². The van der Waals surface area contributed by atoms with Gasteiger partial charge in [0.15, 0.2) is 5.13 Å². The first-order chi connectivity index (χ1) is 10.2. The number of nitrogens with zero attached hydrogens (tertiary/aromatic N) is 3. The largest absolute Gasteiger partial charge is 0.345 e. The summed E-state index contributed by atoms with van der Waals surface area (Å²) < 4.78 is 0. The molecular formula is C14H18N4OS2. The van der Waals surface area contributed by atoms with Gasteiger partial charge in [-0.25, -0.2) is 9.78 Å². The molecule has 0 aromatic carbocycles. The minimum Gasteiger partial charge on any atom is -0.345 e. The predicted molar refractivity (Wildman–Crippen MR) is 87.2 cm³/mol. The highest BCUT2D eigenvalue weighted by molar-refractivity contribution is 7.13. The van der Waals surface area contributed by atoms with Crippen LogP contribution in [0.2, 0.25) is 0 Å². The van der Waals surface area contributed by atoms with Crippen LogP contribution in [0.25, 0.3) is 0 Å². The third-order valence-corrected chi connectivity index (χ3v) is 5.30. The van der Waals surface area contributed by atoms with E-state index in [0.717, 1.165) is 31.3 Å². The van der Waals surface area contributed by atoms with Gasteiger partial charge in [-0.1, -0.05) is 0 Å². The van der Waals surface area contributed by atoms with E-state index in [4.69, 9.17) is 0 Å². The van der Waals surface area contributed by atoms with Gasteiger partial charge in [0.2, 0.25) is 0 Å². The van der Waals surface area contributed by atoms with Crippen molar-refractivity contribution in [1.29, 1.82) is 0 Å². The van der Waals surface area contributed by atoms with Crippen molar-refractivity contribution in [1.82, 2.24) is 15.2 Å². The summed E-state index contributed by atoms with van der Waals surface area (Å²) in [7, 11) is 0. The molecule has 0 unspecified atom stereocenters. The summed E-state index contributed by atoms with van der Waals surface area (Å²) in [5.41, 5.74) is 0. The first kappa shape index (κ1) is 14.3. The Hall–Kier alpha value is -1.60. The minimum absolute atomic E-state index is 0.0276. The highest BCUT2D eigenvalue weighted by Gasteiger charge is 2.22. The van der Waals surface area contributed by atoms with Crippen LogP contribution < -0.4 is 10.2 Å². The Bertz CT molecular complexity index is 588. The maximum absolute atomic E-state index is 12.2. The van der Waals surface area contributed by atoms with Gasteiger partial charge in [0.05, 0.1) is 6.54 Å².